The minimum atomic E-state index is -2.05. The number of hydrogen-bond donors (Lipinski definition) is 2. The van der Waals surface area contributed by atoms with Crippen molar-refractivity contribution in [3.63, 3.8) is 0 Å². The number of rotatable bonds is 7. The van der Waals surface area contributed by atoms with Crippen LogP contribution in [0.4, 0.5) is 5.69 Å². The van der Waals surface area contributed by atoms with Crippen LogP contribution in [-0.4, -0.2) is 43.6 Å². The third-order valence-electron chi connectivity index (χ3n) is 5.13. The van der Waals surface area contributed by atoms with E-state index < -0.39 is 29.2 Å². The highest BCUT2D eigenvalue weighted by molar-refractivity contribution is 6.16. The first kappa shape index (κ1) is 22.6. The lowest BCUT2D eigenvalue weighted by Gasteiger charge is -2.40. The van der Waals surface area contributed by atoms with Crippen LogP contribution in [0, 0.1) is 0 Å². The average molecular weight is 441 g/mol. The van der Waals surface area contributed by atoms with Crippen molar-refractivity contribution in [2.45, 2.75) is 19.3 Å². The summed E-state index contributed by atoms with van der Waals surface area (Å²) in [5, 5.41) is 0. The van der Waals surface area contributed by atoms with Crippen LogP contribution in [0.3, 0.4) is 0 Å². The average Bonchev–Trinajstić information content (AvgIpc) is 3.00. The highest BCUT2D eigenvalue weighted by atomic mass is 16.6. The van der Waals surface area contributed by atoms with Crippen LogP contribution in [-0.2, 0) is 38.8 Å². The maximum Gasteiger partial charge on any atom is 0.339 e. The van der Waals surface area contributed by atoms with Crippen LogP contribution in [0.25, 0.3) is 0 Å². The van der Waals surface area contributed by atoms with Crippen LogP contribution < -0.4 is 16.4 Å². The first-order valence-corrected chi connectivity index (χ1v) is 9.76. The molecule has 0 bridgehead atoms. The number of hydrogen-bond acceptors (Lipinski definition) is 9. The van der Waals surface area contributed by atoms with Gasteiger partial charge in [-0.2, -0.15) is 0 Å². The quantitative estimate of drug-likeness (QED) is 0.350. The first-order chi connectivity index (χ1) is 15.2. The fourth-order valence-electron chi connectivity index (χ4n) is 4.01. The highest BCUT2D eigenvalue weighted by Crippen LogP contribution is 2.54. The molecule has 0 aliphatic carbocycles. The Balaban J connectivity index is 2.41. The summed E-state index contributed by atoms with van der Waals surface area (Å²) in [7, 11) is 0. The number of para-hydroxylation sites is 1. The van der Waals surface area contributed by atoms with Crippen molar-refractivity contribution in [2.75, 3.05) is 24.7 Å². The normalized spacial score (nSPS) is 19.6. The molecule has 2 aliphatic rings. The predicted octanol–water partition coefficient (Wildman–Crippen LogP) is 0.523. The number of carbonyl (C=O) groups is 4. The van der Waals surface area contributed by atoms with E-state index in [1.54, 1.807) is 25.1 Å². The number of anilines is 1. The van der Waals surface area contributed by atoms with E-state index in [0.29, 0.717) is 5.69 Å². The van der Waals surface area contributed by atoms with Crippen LogP contribution in [0.5, 0.6) is 0 Å². The Morgan fingerprint density at radius 1 is 1.19 bits per heavy atom. The molecule has 1 amide bonds. The molecular weight excluding hydrogens is 418 g/mol. The van der Waals surface area contributed by atoms with Crippen LogP contribution in [0.1, 0.15) is 19.4 Å². The molecule has 2 heterocycles. The standard InChI is InChI=1S/C22H23N3O7/c1-4-10-31-19(27)16-12(3)32-21(29)22(16)13-8-6-7-9-14(13)25(11-15(23)26)18(24)17(22)20(28)30-5-2/h4,6-9H,1,5,10-11,24H2,2-3H3,(H2,23,26)/t22-/m0/s1. The predicted molar refractivity (Wildman–Crippen MR) is 112 cm³/mol. The number of allylic oxidation sites excluding steroid dienone is 1. The van der Waals surface area contributed by atoms with Crippen molar-refractivity contribution in [2.24, 2.45) is 11.5 Å². The Hall–Kier alpha value is -4.08. The Bertz CT molecular complexity index is 1090. The van der Waals surface area contributed by atoms with Gasteiger partial charge >= 0.3 is 17.9 Å². The molecule has 0 saturated heterocycles. The van der Waals surface area contributed by atoms with Gasteiger partial charge in [-0.25, -0.2) is 14.4 Å². The molecule has 10 nitrogen and oxygen atoms in total. The molecule has 1 spiro atoms. The summed E-state index contributed by atoms with van der Waals surface area (Å²) in [4.78, 5) is 52.7. The Kier molecular flexibility index (Phi) is 6.06. The van der Waals surface area contributed by atoms with E-state index in [-0.39, 0.29) is 48.0 Å². The zero-order valence-electron chi connectivity index (χ0n) is 17.7. The summed E-state index contributed by atoms with van der Waals surface area (Å²) >= 11 is 0. The molecule has 0 unspecified atom stereocenters. The number of fused-ring (bicyclic) bond motifs is 2. The largest absolute Gasteiger partial charge is 0.462 e. The Morgan fingerprint density at radius 3 is 2.47 bits per heavy atom. The molecule has 1 aromatic rings. The number of nitrogens with two attached hydrogens (primary N) is 2. The summed E-state index contributed by atoms with van der Waals surface area (Å²) in [6.45, 7) is 5.95. The van der Waals surface area contributed by atoms with Crippen molar-refractivity contribution < 1.29 is 33.4 Å². The number of cyclic esters (lactones) is 1. The van der Waals surface area contributed by atoms with E-state index in [9.17, 15) is 19.2 Å². The summed E-state index contributed by atoms with van der Waals surface area (Å²) in [5.41, 5.74) is 9.62. The van der Waals surface area contributed by atoms with Crippen LogP contribution in [0.15, 0.2) is 59.6 Å². The first-order valence-electron chi connectivity index (χ1n) is 9.76. The van der Waals surface area contributed by atoms with Gasteiger partial charge in [-0.3, -0.25) is 4.79 Å². The minimum Gasteiger partial charge on any atom is -0.462 e. The smallest absolute Gasteiger partial charge is 0.339 e. The van der Waals surface area contributed by atoms with Gasteiger partial charge in [0, 0.05) is 11.3 Å². The lowest BCUT2D eigenvalue weighted by atomic mass is 9.66. The summed E-state index contributed by atoms with van der Waals surface area (Å²) in [6, 6.07) is 6.38. The van der Waals surface area contributed by atoms with Gasteiger partial charge in [0.25, 0.3) is 0 Å². The lowest BCUT2D eigenvalue weighted by molar-refractivity contribution is -0.147. The SMILES string of the molecule is C=CCOC(=O)C1=C(C)OC(=O)[C@]12C(C(=O)OCC)=C(N)N(CC(N)=O)c1ccccc12. The molecule has 0 aromatic heterocycles. The van der Waals surface area contributed by atoms with E-state index in [1.807, 2.05) is 0 Å². The van der Waals surface area contributed by atoms with Crippen molar-refractivity contribution in [3.8, 4) is 0 Å². The maximum atomic E-state index is 13.4. The van der Waals surface area contributed by atoms with Crippen molar-refractivity contribution in [1.82, 2.24) is 0 Å². The number of carbonyl (C=O) groups excluding carboxylic acids is 4. The van der Waals surface area contributed by atoms with Gasteiger partial charge in [0.15, 0.2) is 5.41 Å². The second kappa shape index (κ2) is 8.58. The van der Waals surface area contributed by atoms with E-state index in [2.05, 4.69) is 6.58 Å². The summed E-state index contributed by atoms with van der Waals surface area (Å²) in [5.74, 6) is -3.79. The van der Waals surface area contributed by atoms with Gasteiger partial charge < -0.3 is 30.6 Å². The molecule has 32 heavy (non-hydrogen) atoms. The molecule has 1 aromatic carbocycles. The number of esters is 3. The summed E-state index contributed by atoms with van der Waals surface area (Å²) < 4.78 is 15.7. The van der Waals surface area contributed by atoms with Gasteiger partial charge in [-0.1, -0.05) is 30.9 Å². The topological polar surface area (TPSA) is 151 Å². The molecule has 1 atom stereocenters. The Morgan fingerprint density at radius 2 is 1.84 bits per heavy atom. The minimum absolute atomic E-state index is 0.0306. The lowest BCUT2D eigenvalue weighted by Crippen LogP contribution is -2.52. The second-order valence-corrected chi connectivity index (χ2v) is 7.01. The number of primary amides is 1. The molecule has 0 saturated carbocycles. The van der Waals surface area contributed by atoms with Gasteiger partial charge in [-0.15, -0.1) is 0 Å². The van der Waals surface area contributed by atoms with Crippen molar-refractivity contribution >= 4 is 29.5 Å². The van der Waals surface area contributed by atoms with Gasteiger partial charge in [0.1, 0.15) is 35.9 Å². The fourth-order valence-corrected chi connectivity index (χ4v) is 4.01. The van der Waals surface area contributed by atoms with Gasteiger partial charge in [0.2, 0.25) is 5.91 Å². The third kappa shape index (κ3) is 3.29. The van der Waals surface area contributed by atoms with E-state index >= 15 is 0 Å². The second-order valence-electron chi connectivity index (χ2n) is 7.01. The van der Waals surface area contributed by atoms with Crippen LogP contribution in [0.2, 0.25) is 0 Å². The van der Waals surface area contributed by atoms with E-state index in [1.165, 1.54) is 24.0 Å². The van der Waals surface area contributed by atoms with Crippen molar-refractivity contribution in [3.05, 3.63) is 65.2 Å². The Labute approximate surface area is 184 Å². The number of nitrogens with zero attached hydrogens (tertiary/aromatic N) is 1. The maximum absolute atomic E-state index is 13.4. The molecule has 0 fully saturated rings. The summed E-state index contributed by atoms with van der Waals surface area (Å²) in [6.07, 6.45) is 1.36. The van der Waals surface area contributed by atoms with Gasteiger partial charge in [0.05, 0.1) is 6.61 Å². The van der Waals surface area contributed by atoms with Gasteiger partial charge in [-0.05, 0) is 19.9 Å². The highest BCUT2D eigenvalue weighted by Gasteiger charge is 2.63. The molecule has 2 aliphatic heterocycles. The number of benzene rings is 1. The van der Waals surface area contributed by atoms with E-state index in [4.69, 9.17) is 25.7 Å². The molecule has 0 radical (unpaired) electrons. The van der Waals surface area contributed by atoms with E-state index in [0.717, 1.165) is 0 Å². The molecule has 3 rings (SSSR count). The molecule has 168 valence electrons. The van der Waals surface area contributed by atoms with Crippen LogP contribution >= 0.6 is 0 Å². The monoisotopic (exact) mass is 441 g/mol. The molecular formula is C22H23N3O7. The zero-order valence-corrected chi connectivity index (χ0v) is 17.7. The molecule has 4 N–H and O–H groups in total. The zero-order chi connectivity index (χ0) is 23.6. The van der Waals surface area contributed by atoms with Crippen molar-refractivity contribution in [1.29, 1.82) is 0 Å². The fraction of sp³-hybridized carbons (Fsp3) is 0.273. The third-order valence-corrected chi connectivity index (χ3v) is 5.13. The number of ether oxygens (including phenoxy) is 3. The number of amides is 1. The molecule has 10 heteroatoms.